The molecule has 104 valence electrons. The van der Waals surface area contributed by atoms with E-state index in [1.165, 1.54) is 23.9 Å². The number of rotatable bonds is 5. The number of benzene rings is 1. The van der Waals surface area contributed by atoms with Gasteiger partial charge in [0.15, 0.2) is 5.82 Å². The van der Waals surface area contributed by atoms with E-state index in [0.717, 1.165) is 18.9 Å². The van der Waals surface area contributed by atoms with Crippen LogP contribution >= 0.6 is 11.8 Å². The second-order valence-corrected chi connectivity index (χ2v) is 5.61. The van der Waals surface area contributed by atoms with E-state index in [4.69, 9.17) is 9.63 Å². The van der Waals surface area contributed by atoms with Crippen molar-refractivity contribution in [2.45, 2.75) is 29.4 Å². The number of nitrogens with zero attached hydrogens (tertiary/aromatic N) is 2. The number of aromatic nitrogens is 2. The van der Waals surface area contributed by atoms with Gasteiger partial charge in [-0.1, -0.05) is 5.16 Å². The van der Waals surface area contributed by atoms with Crippen LogP contribution < -0.4 is 0 Å². The molecule has 1 N–H and O–H groups in total. The van der Waals surface area contributed by atoms with Gasteiger partial charge in [0.05, 0.1) is 11.3 Å². The van der Waals surface area contributed by atoms with E-state index in [9.17, 15) is 9.18 Å². The molecule has 1 aliphatic rings. The number of carboxylic acids is 1. The maximum atomic E-state index is 13.3. The molecule has 2 aromatic rings. The van der Waals surface area contributed by atoms with Gasteiger partial charge in [-0.15, -0.1) is 11.8 Å². The SMILES string of the molecule is O=C(O)c1cc(SCc2noc(C3CC3)n2)ccc1F. The van der Waals surface area contributed by atoms with Gasteiger partial charge < -0.3 is 9.63 Å². The lowest BCUT2D eigenvalue weighted by molar-refractivity contribution is 0.0691. The van der Waals surface area contributed by atoms with Crippen molar-refractivity contribution in [3.63, 3.8) is 0 Å². The van der Waals surface area contributed by atoms with E-state index in [-0.39, 0.29) is 5.56 Å². The first kappa shape index (κ1) is 13.1. The highest BCUT2D eigenvalue weighted by Gasteiger charge is 2.29. The number of halogens is 1. The predicted molar refractivity (Wildman–Crippen MR) is 69.2 cm³/mol. The third kappa shape index (κ3) is 2.82. The third-order valence-corrected chi connectivity index (χ3v) is 3.94. The minimum atomic E-state index is -1.28. The Morgan fingerprint density at radius 3 is 3.00 bits per heavy atom. The predicted octanol–water partition coefficient (Wildman–Crippen LogP) is 3.08. The highest BCUT2D eigenvalue weighted by atomic mass is 32.2. The summed E-state index contributed by atoms with van der Waals surface area (Å²) >= 11 is 1.34. The van der Waals surface area contributed by atoms with Crippen LogP contribution in [0.3, 0.4) is 0 Å². The monoisotopic (exact) mass is 294 g/mol. The zero-order chi connectivity index (χ0) is 14.1. The topological polar surface area (TPSA) is 76.2 Å². The number of thioether (sulfide) groups is 1. The Morgan fingerprint density at radius 2 is 2.30 bits per heavy atom. The van der Waals surface area contributed by atoms with Crippen molar-refractivity contribution >= 4 is 17.7 Å². The Morgan fingerprint density at radius 1 is 1.50 bits per heavy atom. The molecule has 1 fully saturated rings. The summed E-state index contributed by atoms with van der Waals surface area (Å²) in [5, 5.41) is 12.7. The van der Waals surface area contributed by atoms with Crippen molar-refractivity contribution in [1.82, 2.24) is 10.1 Å². The van der Waals surface area contributed by atoms with Crippen LogP contribution in [0.1, 0.15) is 40.8 Å². The van der Waals surface area contributed by atoms with Gasteiger partial charge in [-0.2, -0.15) is 4.98 Å². The summed E-state index contributed by atoms with van der Waals surface area (Å²) in [6.07, 6.45) is 2.18. The Bertz CT molecular complexity index is 655. The van der Waals surface area contributed by atoms with Crippen LogP contribution in [0, 0.1) is 5.82 Å². The maximum Gasteiger partial charge on any atom is 0.338 e. The number of carbonyl (C=O) groups is 1. The molecule has 0 atom stereocenters. The molecule has 3 rings (SSSR count). The lowest BCUT2D eigenvalue weighted by Crippen LogP contribution is -2.00. The van der Waals surface area contributed by atoms with Crippen LogP contribution in [0.15, 0.2) is 27.6 Å². The Balaban J connectivity index is 1.67. The summed E-state index contributed by atoms with van der Waals surface area (Å²) in [6.45, 7) is 0. The second kappa shape index (κ2) is 5.24. The normalized spacial score (nSPS) is 14.4. The van der Waals surface area contributed by atoms with Gasteiger partial charge in [-0.05, 0) is 31.0 Å². The molecule has 0 unspecified atom stereocenters. The smallest absolute Gasteiger partial charge is 0.338 e. The van der Waals surface area contributed by atoms with Gasteiger partial charge in [0, 0.05) is 10.8 Å². The van der Waals surface area contributed by atoms with Crippen LogP contribution in [0.4, 0.5) is 4.39 Å². The lowest BCUT2D eigenvalue weighted by Gasteiger charge is -2.01. The zero-order valence-corrected chi connectivity index (χ0v) is 11.2. The van der Waals surface area contributed by atoms with Crippen LogP contribution in [0.25, 0.3) is 0 Å². The maximum absolute atomic E-state index is 13.3. The molecule has 7 heteroatoms. The minimum absolute atomic E-state index is 0.332. The molecule has 5 nitrogen and oxygen atoms in total. The molecule has 0 amide bonds. The van der Waals surface area contributed by atoms with Crippen LogP contribution in [-0.2, 0) is 5.75 Å². The van der Waals surface area contributed by atoms with Crippen molar-refractivity contribution in [3.05, 3.63) is 41.3 Å². The lowest BCUT2D eigenvalue weighted by atomic mass is 10.2. The fourth-order valence-corrected chi connectivity index (χ4v) is 2.51. The Kier molecular flexibility index (Phi) is 3.43. The Hall–Kier alpha value is -1.89. The number of hydrogen-bond donors (Lipinski definition) is 1. The summed E-state index contributed by atoms with van der Waals surface area (Å²) in [4.78, 5) is 15.8. The van der Waals surface area contributed by atoms with E-state index in [1.54, 1.807) is 0 Å². The standard InChI is InChI=1S/C13H11FN2O3S/c14-10-4-3-8(5-9(10)13(17)18)20-6-11-15-12(19-16-11)7-1-2-7/h3-5,7H,1-2,6H2,(H,17,18). The van der Waals surface area contributed by atoms with Crippen molar-refractivity contribution in [2.75, 3.05) is 0 Å². The van der Waals surface area contributed by atoms with E-state index in [1.807, 2.05) is 0 Å². The summed E-state index contributed by atoms with van der Waals surface area (Å²) in [5.41, 5.74) is -0.332. The first-order valence-corrected chi connectivity index (χ1v) is 7.10. The molecule has 1 aromatic carbocycles. The minimum Gasteiger partial charge on any atom is -0.478 e. The van der Waals surface area contributed by atoms with Gasteiger partial charge in [0.2, 0.25) is 5.89 Å². The molecule has 0 bridgehead atoms. The summed E-state index contributed by atoms with van der Waals surface area (Å²) < 4.78 is 18.4. The molecule has 1 saturated carbocycles. The highest BCUT2D eigenvalue weighted by Crippen LogP contribution is 2.39. The Labute approximate surface area is 118 Å². The first-order valence-electron chi connectivity index (χ1n) is 6.11. The van der Waals surface area contributed by atoms with E-state index in [2.05, 4.69) is 10.1 Å². The summed E-state index contributed by atoms with van der Waals surface area (Å²) in [7, 11) is 0. The van der Waals surface area contributed by atoms with E-state index >= 15 is 0 Å². The van der Waals surface area contributed by atoms with Gasteiger partial charge in [-0.25, -0.2) is 9.18 Å². The molecule has 20 heavy (non-hydrogen) atoms. The fourth-order valence-electron chi connectivity index (χ4n) is 1.73. The van der Waals surface area contributed by atoms with Crippen molar-refractivity contribution < 1.29 is 18.8 Å². The summed E-state index contributed by atoms with van der Waals surface area (Å²) in [6, 6.07) is 4.00. The van der Waals surface area contributed by atoms with Gasteiger partial charge >= 0.3 is 5.97 Å². The van der Waals surface area contributed by atoms with E-state index in [0.29, 0.717) is 28.3 Å². The highest BCUT2D eigenvalue weighted by molar-refractivity contribution is 7.98. The van der Waals surface area contributed by atoms with Gasteiger partial charge in [-0.3, -0.25) is 0 Å². The van der Waals surface area contributed by atoms with Crippen LogP contribution in [-0.4, -0.2) is 21.2 Å². The van der Waals surface area contributed by atoms with Gasteiger partial charge in [0.25, 0.3) is 0 Å². The fraction of sp³-hybridized carbons (Fsp3) is 0.308. The third-order valence-electron chi connectivity index (χ3n) is 2.95. The number of carboxylic acid groups (broad SMARTS) is 1. The number of aromatic carboxylic acids is 1. The second-order valence-electron chi connectivity index (χ2n) is 4.56. The average Bonchev–Trinajstić information content (AvgIpc) is 3.17. The van der Waals surface area contributed by atoms with E-state index < -0.39 is 11.8 Å². The molecule has 1 aliphatic carbocycles. The van der Waals surface area contributed by atoms with Crippen molar-refractivity contribution in [3.8, 4) is 0 Å². The molecule has 1 heterocycles. The quantitative estimate of drug-likeness (QED) is 0.854. The number of hydrogen-bond acceptors (Lipinski definition) is 5. The molecule has 1 aromatic heterocycles. The zero-order valence-electron chi connectivity index (χ0n) is 10.4. The molecular weight excluding hydrogens is 283 g/mol. The molecule has 0 spiro atoms. The molecular formula is C13H11FN2O3S. The molecule has 0 aliphatic heterocycles. The van der Waals surface area contributed by atoms with Crippen molar-refractivity contribution in [1.29, 1.82) is 0 Å². The van der Waals surface area contributed by atoms with Crippen LogP contribution in [0.5, 0.6) is 0 Å². The largest absolute Gasteiger partial charge is 0.478 e. The molecule has 0 saturated heterocycles. The first-order chi connectivity index (χ1) is 9.63. The molecule has 0 radical (unpaired) electrons. The summed E-state index contributed by atoms with van der Waals surface area (Å²) in [5.74, 6) is 0.0913. The average molecular weight is 294 g/mol. The van der Waals surface area contributed by atoms with Crippen LogP contribution in [0.2, 0.25) is 0 Å². The van der Waals surface area contributed by atoms with Gasteiger partial charge in [0.1, 0.15) is 5.82 Å². The van der Waals surface area contributed by atoms with Crippen molar-refractivity contribution in [2.24, 2.45) is 0 Å².